The molecule has 0 bridgehead atoms. The van der Waals surface area contributed by atoms with Crippen LogP contribution in [0.25, 0.3) is 0 Å². The summed E-state index contributed by atoms with van der Waals surface area (Å²) in [6, 6.07) is 4.18. The number of amides is 1. The first-order chi connectivity index (χ1) is 7.90. The summed E-state index contributed by atoms with van der Waals surface area (Å²) >= 11 is 3.24. The lowest BCUT2D eigenvalue weighted by Gasteiger charge is -2.09. The molecule has 0 fully saturated rings. The molecule has 0 saturated carbocycles. The van der Waals surface area contributed by atoms with Crippen molar-refractivity contribution in [3.8, 4) is 0 Å². The molecular formula is C11H13BrN2O3. The average Bonchev–Trinajstić information content (AvgIpc) is 2.19. The lowest BCUT2D eigenvalue weighted by molar-refractivity contribution is -0.116. The molecule has 92 valence electrons. The Morgan fingerprint density at radius 1 is 1.53 bits per heavy atom. The number of benzene rings is 1. The average molecular weight is 301 g/mol. The van der Waals surface area contributed by atoms with Gasteiger partial charge in [-0.3, -0.25) is 4.79 Å². The van der Waals surface area contributed by atoms with Gasteiger partial charge in [-0.15, -0.1) is 0 Å². The van der Waals surface area contributed by atoms with Crippen LogP contribution in [0.4, 0.5) is 5.69 Å². The number of hydrogen-bond donors (Lipinski definition) is 3. The number of carbonyl (C=O) groups excluding carboxylic acids is 1. The van der Waals surface area contributed by atoms with Crippen LogP contribution in [0.5, 0.6) is 0 Å². The van der Waals surface area contributed by atoms with Gasteiger partial charge in [-0.1, -0.05) is 0 Å². The second-order valence-corrected chi connectivity index (χ2v) is 4.58. The standard InChI is InChI=1S/C11H13BrN2O3/c1-6(13)4-10(15)14-9-5-7(11(16)17)2-3-8(9)12/h2-3,5-6H,4,13H2,1H3,(H,14,15)(H,16,17). The number of nitrogens with one attached hydrogen (secondary N) is 1. The molecule has 0 saturated heterocycles. The van der Waals surface area contributed by atoms with Crippen LogP contribution >= 0.6 is 15.9 Å². The van der Waals surface area contributed by atoms with Crippen molar-refractivity contribution in [3.05, 3.63) is 28.2 Å². The molecule has 17 heavy (non-hydrogen) atoms. The number of nitrogens with two attached hydrogens (primary N) is 1. The first-order valence-corrected chi connectivity index (χ1v) is 5.77. The fourth-order valence-corrected chi connectivity index (χ4v) is 1.59. The Bertz CT molecular complexity index is 446. The van der Waals surface area contributed by atoms with Crippen LogP contribution < -0.4 is 11.1 Å². The Labute approximate surface area is 107 Å². The molecule has 0 aliphatic rings. The summed E-state index contributed by atoms with van der Waals surface area (Å²) < 4.78 is 0.625. The number of hydrogen-bond acceptors (Lipinski definition) is 3. The molecule has 1 aromatic carbocycles. The number of halogens is 1. The van der Waals surface area contributed by atoms with E-state index in [1.165, 1.54) is 12.1 Å². The van der Waals surface area contributed by atoms with E-state index in [0.717, 1.165) is 0 Å². The van der Waals surface area contributed by atoms with Crippen molar-refractivity contribution in [2.75, 3.05) is 5.32 Å². The summed E-state index contributed by atoms with van der Waals surface area (Å²) in [6.07, 6.45) is 0.184. The molecule has 0 heterocycles. The molecule has 0 radical (unpaired) electrons. The van der Waals surface area contributed by atoms with Crippen LogP contribution in [0.2, 0.25) is 0 Å². The molecule has 0 aromatic heterocycles. The van der Waals surface area contributed by atoms with Gasteiger partial charge in [-0.25, -0.2) is 4.79 Å². The lowest BCUT2D eigenvalue weighted by Crippen LogP contribution is -2.24. The van der Waals surface area contributed by atoms with E-state index < -0.39 is 5.97 Å². The van der Waals surface area contributed by atoms with Gasteiger partial charge in [0.1, 0.15) is 0 Å². The van der Waals surface area contributed by atoms with E-state index in [9.17, 15) is 9.59 Å². The number of rotatable bonds is 4. The Hall–Kier alpha value is -1.40. The third-order valence-corrected chi connectivity index (χ3v) is 2.69. The first-order valence-electron chi connectivity index (χ1n) is 4.98. The molecule has 1 amide bonds. The third-order valence-electron chi connectivity index (χ3n) is 1.99. The first kappa shape index (κ1) is 13.7. The normalized spacial score (nSPS) is 11.9. The van der Waals surface area contributed by atoms with Crippen molar-refractivity contribution >= 4 is 33.5 Å². The van der Waals surface area contributed by atoms with E-state index in [-0.39, 0.29) is 23.9 Å². The van der Waals surface area contributed by atoms with Crippen molar-refractivity contribution in [1.29, 1.82) is 0 Å². The molecule has 1 aromatic rings. The van der Waals surface area contributed by atoms with E-state index in [1.54, 1.807) is 13.0 Å². The Morgan fingerprint density at radius 2 is 2.18 bits per heavy atom. The minimum atomic E-state index is -1.04. The second kappa shape index (κ2) is 5.79. The quantitative estimate of drug-likeness (QED) is 0.791. The van der Waals surface area contributed by atoms with Crippen molar-refractivity contribution in [2.45, 2.75) is 19.4 Å². The molecule has 5 nitrogen and oxygen atoms in total. The number of carboxylic acids is 1. The Kier molecular flexibility index (Phi) is 4.65. The smallest absolute Gasteiger partial charge is 0.335 e. The van der Waals surface area contributed by atoms with Gasteiger partial charge >= 0.3 is 5.97 Å². The van der Waals surface area contributed by atoms with E-state index >= 15 is 0 Å². The number of aromatic carboxylic acids is 1. The van der Waals surface area contributed by atoms with Gasteiger partial charge in [0.2, 0.25) is 5.91 Å². The maximum absolute atomic E-state index is 11.5. The maximum atomic E-state index is 11.5. The second-order valence-electron chi connectivity index (χ2n) is 3.73. The van der Waals surface area contributed by atoms with Gasteiger partial charge in [0.25, 0.3) is 0 Å². The predicted octanol–water partition coefficient (Wildman–Crippen LogP) is 1.82. The van der Waals surface area contributed by atoms with E-state index in [1.807, 2.05) is 0 Å². The van der Waals surface area contributed by atoms with Crippen LogP contribution in [0.1, 0.15) is 23.7 Å². The minimum absolute atomic E-state index is 0.115. The van der Waals surface area contributed by atoms with Crippen LogP contribution in [0.3, 0.4) is 0 Å². The van der Waals surface area contributed by atoms with Crippen LogP contribution in [-0.4, -0.2) is 23.0 Å². The van der Waals surface area contributed by atoms with Gasteiger partial charge in [0, 0.05) is 16.9 Å². The molecule has 4 N–H and O–H groups in total. The highest BCUT2D eigenvalue weighted by molar-refractivity contribution is 9.10. The monoisotopic (exact) mass is 300 g/mol. The van der Waals surface area contributed by atoms with Gasteiger partial charge in [-0.2, -0.15) is 0 Å². The molecular weight excluding hydrogens is 288 g/mol. The van der Waals surface area contributed by atoms with Crippen molar-refractivity contribution in [1.82, 2.24) is 0 Å². The topological polar surface area (TPSA) is 92.4 Å². The summed E-state index contributed by atoms with van der Waals surface area (Å²) in [5, 5.41) is 11.4. The third kappa shape index (κ3) is 4.16. The SMILES string of the molecule is CC(N)CC(=O)Nc1cc(C(=O)O)ccc1Br. The summed E-state index contributed by atoms with van der Waals surface area (Å²) in [5.41, 5.74) is 6.04. The zero-order chi connectivity index (χ0) is 13.0. The Balaban J connectivity index is 2.86. The summed E-state index contributed by atoms with van der Waals surface area (Å²) in [6.45, 7) is 1.72. The van der Waals surface area contributed by atoms with Crippen molar-refractivity contribution < 1.29 is 14.7 Å². The number of carboxylic acid groups (broad SMARTS) is 1. The fraction of sp³-hybridized carbons (Fsp3) is 0.273. The van der Waals surface area contributed by atoms with E-state index in [4.69, 9.17) is 10.8 Å². The zero-order valence-electron chi connectivity index (χ0n) is 9.24. The predicted molar refractivity (Wildman–Crippen MR) is 68.0 cm³/mol. The molecule has 6 heteroatoms. The molecule has 0 aliphatic carbocycles. The van der Waals surface area contributed by atoms with Gasteiger partial charge < -0.3 is 16.2 Å². The number of anilines is 1. The highest BCUT2D eigenvalue weighted by atomic mass is 79.9. The molecule has 1 atom stereocenters. The van der Waals surface area contributed by atoms with E-state index in [2.05, 4.69) is 21.2 Å². The maximum Gasteiger partial charge on any atom is 0.335 e. The van der Waals surface area contributed by atoms with Gasteiger partial charge in [0.05, 0.1) is 11.3 Å². The fourth-order valence-electron chi connectivity index (χ4n) is 1.25. The summed E-state index contributed by atoms with van der Waals surface area (Å²) in [5.74, 6) is -1.29. The summed E-state index contributed by atoms with van der Waals surface area (Å²) in [4.78, 5) is 22.3. The van der Waals surface area contributed by atoms with Crippen LogP contribution in [-0.2, 0) is 4.79 Å². The molecule has 1 rings (SSSR count). The molecule has 0 aliphatic heterocycles. The number of carbonyl (C=O) groups is 2. The zero-order valence-corrected chi connectivity index (χ0v) is 10.8. The van der Waals surface area contributed by atoms with Gasteiger partial charge in [0.15, 0.2) is 0 Å². The lowest BCUT2D eigenvalue weighted by atomic mass is 10.2. The highest BCUT2D eigenvalue weighted by Crippen LogP contribution is 2.23. The van der Waals surface area contributed by atoms with Crippen LogP contribution in [0.15, 0.2) is 22.7 Å². The minimum Gasteiger partial charge on any atom is -0.478 e. The highest BCUT2D eigenvalue weighted by Gasteiger charge is 2.10. The van der Waals surface area contributed by atoms with Crippen LogP contribution in [0, 0.1) is 0 Å². The largest absolute Gasteiger partial charge is 0.478 e. The molecule has 0 spiro atoms. The van der Waals surface area contributed by atoms with Crippen molar-refractivity contribution in [3.63, 3.8) is 0 Å². The Morgan fingerprint density at radius 3 is 2.71 bits per heavy atom. The summed E-state index contributed by atoms with van der Waals surface area (Å²) in [7, 11) is 0. The van der Waals surface area contributed by atoms with Crippen molar-refractivity contribution in [2.24, 2.45) is 5.73 Å². The van der Waals surface area contributed by atoms with E-state index in [0.29, 0.717) is 10.2 Å². The van der Waals surface area contributed by atoms with Gasteiger partial charge in [-0.05, 0) is 41.1 Å². The molecule has 1 unspecified atom stereocenters.